The van der Waals surface area contributed by atoms with Gasteiger partial charge >= 0.3 is 0 Å². The molecule has 0 saturated heterocycles. The molecule has 1 aliphatic carbocycles. The number of benzene rings is 12. The Morgan fingerprint density at radius 2 is 0.893 bits per heavy atom. The number of nitrogens with zero attached hydrogens (tertiary/aromatic N) is 3. The lowest BCUT2D eigenvalue weighted by atomic mass is 9.74. The molecule has 0 fully saturated rings. The van der Waals surface area contributed by atoms with Crippen molar-refractivity contribution in [3.8, 4) is 39.8 Å². The Bertz CT molecular complexity index is 4820. The van der Waals surface area contributed by atoms with Gasteiger partial charge in [0.2, 0.25) is 0 Å². The van der Waals surface area contributed by atoms with Crippen LogP contribution in [0.1, 0.15) is 36.1 Å². The standard InChI is InChI=1S/C77H54N4O3/c1-77(2)63-48-66(78-65-44-40-55(46-61(65)50-24-8-3-9-25-50)79(51-26-10-4-11-27-51)52-28-12-5-13-29-52)76-75(83-71-38-22-23-39-72(71)84-76)59(63)43-42-58-64(77)49-69(73-60-35-19-21-37-70(60)82-74(58)73)81-67-36-20-18-34-57(67)62-47-56(41-45-68(62)81)80(53-30-14-6-15-31-53)54-32-16-7-17-33-54/h3-49,78H,1-2H3. The van der Waals surface area contributed by atoms with Gasteiger partial charge in [-0.05, 0) is 138 Å². The summed E-state index contributed by atoms with van der Waals surface area (Å²) in [5.41, 5.74) is 18.5. The lowest BCUT2D eigenvalue weighted by Crippen LogP contribution is -2.22. The predicted molar refractivity (Wildman–Crippen MR) is 347 cm³/mol. The molecule has 0 unspecified atom stereocenters. The number of aromatic nitrogens is 1. The second-order valence-corrected chi connectivity index (χ2v) is 22.1. The summed E-state index contributed by atoms with van der Waals surface area (Å²) < 4.78 is 23.8. The monoisotopic (exact) mass is 1080 g/mol. The Kier molecular flexibility index (Phi) is 11.4. The molecule has 16 rings (SSSR count). The van der Waals surface area contributed by atoms with E-state index >= 15 is 0 Å². The maximum Gasteiger partial charge on any atom is 0.194 e. The Morgan fingerprint density at radius 1 is 0.393 bits per heavy atom. The van der Waals surface area contributed by atoms with Crippen LogP contribution in [0, 0.1) is 0 Å². The fraction of sp³-hybridized carbons (Fsp3) is 0.0390. The highest BCUT2D eigenvalue weighted by Crippen LogP contribution is 2.57. The molecule has 0 bridgehead atoms. The summed E-state index contributed by atoms with van der Waals surface area (Å²) in [6, 6.07) is 96.3. The van der Waals surface area contributed by atoms with Crippen LogP contribution >= 0.6 is 0 Å². The molecule has 12 aromatic carbocycles. The predicted octanol–water partition coefficient (Wildman–Crippen LogP) is 21.7. The maximum absolute atomic E-state index is 7.17. The number of nitrogens with one attached hydrogen (secondary N) is 1. The minimum Gasteiger partial charge on any atom is -0.455 e. The van der Waals surface area contributed by atoms with E-state index in [0.29, 0.717) is 23.0 Å². The van der Waals surface area contributed by atoms with Crippen LogP contribution in [0.5, 0.6) is 23.0 Å². The Labute approximate surface area is 486 Å². The Hall–Kier alpha value is -11.0. The van der Waals surface area contributed by atoms with Crippen molar-refractivity contribution < 1.29 is 13.9 Å². The van der Waals surface area contributed by atoms with Gasteiger partial charge in [0.1, 0.15) is 11.2 Å². The van der Waals surface area contributed by atoms with E-state index in [-0.39, 0.29) is 0 Å². The van der Waals surface area contributed by atoms with Gasteiger partial charge in [-0.15, -0.1) is 0 Å². The number of furan rings is 1. The summed E-state index contributed by atoms with van der Waals surface area (Å²) in [4.78, 5) is 4.64. The van der Waals surface area contributed by atoms with Crippen molar-refractivity contribution in [1.82, 2.24) is 4.57 Å². The lowest BCUT2D eigenvalue weighted by Gasteiger charge is -2.33. The molecule has 400 valence electrons. The summed E-state index contributed by atoms with van der Waals surface area (Å²) in [7, 11) is 0. The SMILES string of the molecule is CC1(C)c2cc(Nc3ccc(N(c4ccccc4)c4ccccc4)cc3-c3ccccc3)c3c(c2C=Cc2c1cc(-n1c4ccccc4c4cc(N(c5ccccc5)c5ccccc5)ccc41)c1c2oc2ccccc21)Oc1ccccc1O3. The molecule has 7 nitrogen and oxygen atoms in total. The van der Waals surface area contributed by atoms with Crippen LogP contribution in [0.15, 0.2) is 277 Å². The van der Waals surface area contributed by atoms with E-state index < -0.39 is 5.41 Å². The summed E-state index contributed by atoms with van der Waals surface area (Å²) in [6.07, 6.45) is 4.43. The minimum absolute atomic E-state index is 0.606. The quantitative estimate of drug-likeness (QED) is 0.147. The molecule has 0 atom stereocenters. The number of hydrogen-bond acceptors (Lipinski definition) is 6. The molecule has 2 aliphatic rings. The van der Waals surface area contributed by atoms with E-state index in [1.54, 1.807) is 0 Å². The number of anilines is 8. The summed E-state index contributed by atoms with van der Waals surface area (Å²) >= 11 is 0. The third-order valence-electron chi connectivity index (χ3n) is 16.8. The van der Waals surface area contributed by atoms with Crippen LogP contribution in [0.4, 0.5) is 45.5 Å². The second kappa shape index (κ2) is 19.6. The highest BCUT2D eigenvalue weighted by atomic mass is 16.6. The molecular weight excluding hydrogens is 1030 g/mol. The zero-order valence-corrected chi connectivity index (χ0v) is 46.2. The molecule has 0 amide bonds. The molecule has 0 spiro atoms. The average Bonchev–Trinajstić information content (AvgIpc) is 2.12. The number of fused-ring (bicyclic) bond motifs is 12. The average molecular weight is 1080 g/mol. The van der Waals surface area contributed by atoms with E-state index in [1.165, 1.54) is 0 Å². The van der Waals surface area contributed by atoms with Gasteiger partial charge < -0.3 is 33.6 Å². The highest BCUT2D eigenvalue weighted by Gasteiger charge is 2.38. The zero-order valence-electron chi connectivity index (χ0n) is 46.2. The molecule has 84 heavy (non-hydrogen) atoms. The van der Waals surface area contributed by atoms with Gasteiger partial charge in [-0.3, -0.25) is 0 Å². The van der Waals surface area contributed by atoms with E-state index in [9.17, 15) is 0 Å². The third-order valence-corrected chi connectivity index (χ3v) is 16.8. The molecule has 1 aliphatic heterocycles. The number of para-hydroxylation sites is 8. The topological polar surface area (TPSA) is 55.0 Å². The van der Waals surface area contributed by atoms with E-state index in [4.69, 9.17) is 13.9 Å². The van der Waals surface area contributed by atoms with Gasteiger partial charge in [-0.25, -0.2) is 0 Å². The molecular formula is C77H54N4O3. The van der Waals surface area contributed by atoms with Crippen LogP contribution in [-0.4, -0.2) is 4.57 Å². The fourth-order valence-electron chi connectivity index (χ4n) is 12.9. The molecule has 0 radical (unpaired) electrons. The molecule has 2 aromatic heterocycles. The van der Waals surface area contributed by atoms with Crippen LogP contribution in [0.3, 0.4) is 0 Å². The molecule has 3 heterocycles. The van der Waals surface area contributed by atoms with Gasteiger partial charge in [0.15, 0.2) is 23.0 Å². The Balaban J connectivity index is 0.900. The summed E-state index contributed by atoms with van der Waals surface area (Å²) in [5, 5.41) is 8.39. The van der Waals surface area contributed by atoms with Gasteiger partial charge in [-0.2, -0.15) is 0 Å². The number of rotatable bonds is 10. The van der Waals surface area contributed by atoms with Crippen molar-refractivity contribution >= 4 is 101 Å². The largest absolute Gasteiger partial charge is 0.455 e. The van der Waals surface area contributed by atoms with Crippen molar-refractivity contribution in [1.29, 1.82) is 0 Å². The Morgan fingerprint density at radius 3 is 1.54 bits per heavy atom. The van der Waals surface area contributed by atoms with Crippen molar-refractivity contribution in [3.63, 3.8) is 0 Å². The maximum atomic E-state index is 7.17. The van der Waals surface area contributed by atoms with Crippen molar-refractivity contribution in [2.75, 3.05) is 15.1 Å². The first-order chi connectivity index (χ1) is 41.4. The van der Waals surface area contributed by atoms with Crippen molar-refractivity contribution in [3.05, 3.63) is 295 Å². The third kappa shape index (κ3) is 7.96. The van der Waals surface area contributed by atoms with Gasteiger partial charge in [0.05, 0.1) is 27.8 Å². The summed E-state index contributed by atoms with van der Waals surface area (Å²) in [6.45, 7) is 4.66. The van der Waals surface area contributed by atoms with Gasteiger partial charge in [0, 0.05) is 78.1 Å². The van der Waals surface area contributed by atoms with Crippen LogP contribution < -0.4 is 24.6 Å². The molecule has 14 aromatic rings. The van der Waals surface area contributed by atoms with Crippen LogP contribution in [0.2, 0.25) is 0 Å². The van der Waals surface area contributed by atoms with E-state index in [1.807, 2.05) is 24.3 Å². The highest BCUT2D eigenvalue weighted by molar-refractivity contribution is 6.17. The number of ether oxygens (including phenoxy) is 2. The summed E-state index contributed by atoms with van der Waals surface area (Å²) in [5.74, 6) is 2.55. The number of hydrogen-bond donors (Lipinski definition) is 1. The van der Waals surface area contributed by atoms with Crippen LogP contribution in [-0.2, 0) is 5.41 Å². The van der Waals surface area contributed by atoms with Gasteiger partial charge in [-0.1, -0.05) is 178 Å². The molecule has 1 N–H and O–H groups in total. The second-order valence-electron chi connectivity index (χ2n) is 22.1. The van der Waals surface area contributed by atoms with Crippen molar-refractivity contribution in [2.45, 2.75) is 19.3 Å². The van der Waals surface area contributed by atoms with E-state index in [0.717, 1.165) is 128 Å². The minimum atomic E-state index is -0.655. The first kappa shape index (κ1) is 48.8. The first-order valence-electron chi connectivity index (χ1n) is 28.6. The zero-order chi connectivity index (χ0) is 55.9. The van der Waals surface area contributed by atoms with Gasteiger partial charge in [0.25, 0.3) is 0 Å². The lowest BCUT2D eigenvalue weighted by molar-refractivity contribution is 0.359. The molecule has 0 saturated carbocycles. The van der Waals surface area contributed by atoms with Crippen LogP contribution in [0.25, 0.3) is 72.7 Å². The van der Waals surface area contributed by atoms with E-state index in [2.05, 4.69) is 294 Å². The fourth-order valence-corrected chi connectivity index (χ4v) is 12.9. The van der Waals surface area contributed by atoms with Crippen molar-refractivity contribution in [2.24, 2.45) is 0 Å². The smallest absolute Gasteiger partial charge is 0.194 e. The first-order valence-corrected chi connectivity index (χ1v) is 28.6. The molecule has 7 heteroatoms. The normalized spacial score (nSPS) is 12.9.